The smallest absolute Gasteiger partial charge is 0.0726 e. The Kier molecular flexibility index (Phi) is 8.84. The van der Waals surface area contributed by atoms with Crippen LogP contribution in [0.25, 0.3) is 83.1 Å². The topological polar surface area (TPSA) is 8.17 Å². The van der Waals surface area contributed by atoms with Gasteiger partial charge in [-0.1, -0.05) is 200 Å². The molecule has 69 heavy (non-hydrogen) atoms. The summed E-state index contributed by atoms with van der Waals surface area (Å²) >= 11 is 0. The molecule has 0 amide bonds. The van der Waals surface area contributed by atoms with Gasteiger partial charge < -0.3 is 9.47 Å². The van der Waals surface area contributed by atoms with Gasteiger partial charge in [-0.2, -0.15) is 0 Å². The van der Waals surface area contributed by atoms with E-state index in [0.717, 1.165) is 28.3 Å². The summed E-state index contributed by atoms with van der Waals surface area (Å²) in [7, 11) is 0. The largest absolute Gasteiger partial charge is 0.310 e. The van der Waals surface area contributed by atoms with Gasteiger partial charge in [0.2, 0.25) is 0 Å². The van der Waals surface area contributed by atoms with Crippen molar-refractivity contribution >= 4 is 38.9 Å². The van der Waals surface area contributed by atoms with Crippen molar-refractivity contribution in [2.45, 2.75) is 5.41 Å². The summed E-state index contributed by atoms with van der Waals surface area (Å²) < 4.78 is 2.40. The maximum atomic E-state index is 2.49. The first-order chi connectivity index (χ1) is 34.2. The van der Waals surface area contributed by atoms with Gasteiger partial charge in [-0.25, -0.2) is 0 Å². The second-order valence-corrected chi connectivity index (χ2v) is 18.4. The van der Waals surface area contributed by atoms with Crippen molar-refractivity contribution in [1.29, 1.82) is 0 Å². The van der Waals surface area contributed by atoms with E-state index in [0.29, 0.717) is 0 Å². The van der Waals surface area contributed by atoms with Crippen LogP contribution in [0.2, 0.25) is 0 Å². The van der Waals surface area contributed by atoms with Crippen molar-refractivity contribution in [3.05, 3.63) is 289 Å². The number of hydrogen-bond acceptors (Lipinski definition) is 1. The van der Waals surface area contributed by atoms with Gasteiger partial charge in [-0.3, -0.25) is 0 Å². The number of hydrogen-bond donors (Lipinski definition) is 0. The Bertz CT molecular complexity index is 3870. The van der Waals surface area contributed by atoms with Crippen molar-refractivity contribution in [2.75, 3.05) is 4.90 Å². The van der Waals surface area contributed by atoms with Gasteiger partial charge in [0, 0.05) is 33.5 Å². The summed E-state index contributed by atoms with van der Waals surface area (Å²) in [6, 6.07) is 98.5. The van der Waals surface area contributed by atoms with Crippen LogP contribution in [-0.4, -0.2) is 4.57 Å². The summed E-state index contributed by atoms with van der Waals surface area (Å²) in [4.78, 5) is 2.45. The molecule has 322 valence electrons. The highest BCUT2D eigenvalue weighted by Gasteiger charge is 2.51. The second-order valence-electron chi connectivity index (χ2n) is 18.4. The van der Waals surface area contributed by atoms with Crippen LogP contribution in [0.15, 0.2) is 267 Å². The molecule has 0 radical (unpaired) electrons. The van der Waals surface area contributed by atoms with Gasteiger partial charge in [0.05, 0.1) is 16.4 Å². The molecule has 2 heteroatoms. The van der Waals surface area contributed by atoms with E-state index in [1.54, 1.807) is 0 Å². The number of nitrogens with zero attached hydrogens (tertiary/aromatic N) is 2. The number of benzene rings is 11. The molecule has 11 aromatic carbocycles. The Hall–Kier alpha value is -8.98. The Morgan fingerprint density at radius 2 is 0.710 bits per heavy atom. The maximum Gasteiger partial charge on any atom is 0.0726 e. The van der Waals surface area contributed by atoms with Crippen molar-refractivity contribution in [2.24, 2.45) is 0 Å². The van der Waals surface area contributed by atoms with Gasteiger partial charge in [0.15, 0.2) is 0 Å². The fourth-order valence-corrected chi connectivity index (χ4v) is 11.8. The summed E-state index contributed by atoms with van der Waals surface area (Å²) in [6.45, 7) is 0. The lowest BCUT2D eigenvalue weighted by Crippen LogP contribution is -2.26. The summed E-state index contributed by atoms with van der Waals surface area (Å²) in [6.07, 6.45) is 0. The normalized spacial score (nSPS) is 12.8. The molecule has 12 aromatic rings. The summed E-state index contributed by atoms with van der Waals surface area (Å²) in [5, 5.41) is 2.47. The lowest BCUT2D eigenvalue weighted by molar-refractivity contribution is 0.793. The van der Waals surface area contributed by atoms with Crippen LogP contribution < -0.4 is 4.90 Å². The zero-order valence-electron chi connectivity index (χ0n) is 37.8. The number of aromatic nitrogens is 1. The Balaban J connectivity index is 0.924. The predicted octanol–water partition coefficient (Wildman–Crippen LogP) is 17.6. The van der Waals surface area contributed by atoms with Crippen LogP contribution in [0.5, 0.6) is 0 Å². The van der Waals surface area contributed by atoms with Crippen LogP contribution in [0, 0.1) is 0 Å². The monoisotopic (exact) mass is 876 g/mol. The molecule has 1 aromatic heterocycles. The van der Waals surface area contributed by atoms with Gasteiger partial charge in [-0.05, 0) is 145 Å². The first kappa shape index (κ1) is 39.2. The third-order valence-corrected chi connectivity index (χ3v) is 14.8. The van der Waals surface area contributed by atoms with Gasteiger partial charge >= 0.3 is 0 Å². The van der Waals surface area contributed by atoms with Crippen LogP contribution in [0.3, 0.4) is 0 Å². The number of anilines is 3. The Morgan fingerprint density at radius 1 is 0.261 bits per heavy atom. The second kappa shape index (κ2) is 15.6. The van der Waals surface area contributed by atoms with E-state index in [1.165, 1.54) is 94.1 Å². The molecule has 0 saturated carbocycles. The molecule has 0 atom stereocenters. The maximum absolute atomic E-state index is 2.49. The average Bonchev–Trinajstić information content (AvgIpc) is 4.03. The average molecular weight is 877 g/mol. The molecule has 1 heterocycles. The van der Waals surface area contributed by atoms with Crippen molar-refractivity contribution in [3.63, 3.8) is 0 Å². The van der Waals surface area contributed by atoms with E-state index in [-0.39, 0.29) is 0 Å². The lowest BCUT2D eigenvalue weighted by atomic mass is 9.70. The molecular weight excluding hydrogens is 833 g/mol. The van der Waals surface area contributed by atoms with E-state index < -0.39 is 5.41 Å². The van der Waals surface area contributed by atoms with Gasteiger partial charge in [-0.15, -0.1) is 0 Å². The minimum atomic E-state index is -0.446. The molecule has 0 N–H and O–H groups in total. The minimum absolute atomic E-state index is 0.446. The first-order valence-electron chi connectivity index (χ1n) is 23.9. The number of fused-ring (bicyclic) bond motifs is 13. The molecular formula is C67H44N2. The highest BCUT2D eigenvalue weighted by molar-refractivity contribution is 6.10. The van der Waals surface area contributed by atoms with Crippen LogP contribution in [-0.2, 0) is 5.41 Å². The van der Waals surface area contributed by atoms with E-state index in [9.17, 15) is 0 Å². The molecule has 0 unspecified atom stereocenters. The molecule has 0 saturated heterocycles. The number of rotatable bonds is 7. The molecule has 2 aliphatic rings. The molecule has 0 bridgehead atoms. The predicted molar refractivity (Wildman–Crippen MR) is 288 cm³/mol. The van der Waals surface area contributed by atoms with E-state index in [1.807, 2.05) is 0 Å². The third kappa shape index (κ3) is 5.99. The zero-order valence-corrected chi connectivity index (χ0v) is 37.8. The molecule has 2 nitrogen and oxygen atoms in total. The van der Waals surface area contributed by atoms with Crippen LogP contribution in [0.1, 0.15) is 22.3 Å². The summed E-state index contributed by atoms with van der Waals surface area (Å²) in [5.41, 5.74) is 24.1. The van der Waals surface area contributed by atoms with Crippen LogP contribution >= 0.6 is 0 Å². The zero-order chi connectivity index (χ0) is 45.5. The fourth-order valence-electron chi connectivity index (χ4n) is 11.8. The fraction of sp³-hybridized carbons (Fsp3) is 0.0149. The molecule has 2 aliphatic carbocycles. The SMILES string of the molecule is c1ccc(-c2ccc(N(c3cccc(-c4ccc5c(c4)c4ccccc4n5-c4ccc(-c5ccccc5)cc4)c3)c3ccc4c(c3)C3(c5ccccc5-c5ccccc53)c3ccccc3-4)cc2)cc1. The van der Waals surface area contributed by atoms with Crippen LogP contribution in [0.4, 0.5) is 17.1 Å². The van der Waals surface area contributed by atoms with Gasteiger partial charge in [0.1, 0.15) is 0 Å². The van der Waals surface area contributed by atoms with E-state index in [4.69, 9.17) is 0 Å². The van der Waals surface area contributed by atoms with E-state index in [2.05, 4.69) is 276 Å². The van der Waals surface area contributed by atoms with E-state index >= 15 is 0 Å². The highest BCUT2D eigenvalue weighted by Crippen LogP contribution is 2.63. The highest BCUT2D eigenvalue weighted by atomic mass is 15.1. The molecule has 0 aliphatic heterocycles. The number of para-hydroxylation sites is 1. The lowest BCUT2D eigenvalue weighted by Gasteiger charge is -2.32. The third-order valence-electron chi connectivity index (χ3n) is 14.8. The van der Waals surface area contributed by atoms with Crippen molar-refractivity contribution < 1.29 is 0 Å². The summed E-state index contributed by atoms with van der Waals surface area (Å²) in [5.74, 6) is 0. The quantitative estimate of drug-likeness (QED) is 0.155. The first-order valence-corrected chi connectivity index (χ1v) is 23.9. The minimum Gasteiger partial charge on any atom is -0.310 e. The standard InChI is InChI=1S/C67H44N2/c1-3-16-45(17-4-1)47-30-35-51(36-31-47)68(54-39-40-58-57-24-9-13-28-63(57)67(64(58)44-54)61-26-11-7-22-55(61)56-23-8-12-27-62(56)67)53-21-15-20-49(42-53)50-34-41-66-60(43-50)59-25-10-14-29-65(59)69(66)52-37-32-48(33-38-52)46-18-5-2-6-19-46/h1-44H. The Labute approximate surface area is 402 Å². The Morgan fingerprint density at radius 3 is 1.35 bits per heavy atom. The molecule has 1 spiro atoms. The molecule has 14 rings (SSSR count). The van der Waals surface area contributed by atoms with Gasteiger partial charge in [0.25, 0.3) is 0 Å². The van der Waals surface area contributed by atoms with Crippen molar-refractivity contribution in [3.8, 4) is 61.3 Å². The molecule has 0 fully saturated rings. The van der Waals surface area contributed by atoms with Crippen molar-refractivity contribution in [1.82, 2.24) is 4.57 Å².